The van der Waals surface area contributed by atoms with E-state index >= 15 is 0 Å². The molecule has 0 aromatic carbocycles. The third-order valence-corrected chi connectivity index (χ3v) is 6.71. The molecule has 2 heterocycles. The third-order valence-electron chi connectivity index (χ3n) is 6.71. The molecule has 4 aliphatic carbocycles. The number of amides is 1. The Morgan fingerprint density at radius 3 is 2.52 bits per heavy atom. The number of imidazole rings is 1. The zero-order valence-corrected chi connectivity index (χ0v) is 15.4. The highest BCUT2D eigenvalue weighted by Crippen LogP contribution is 2.60. The van der Waals surface area contributed by atoms with Gasteiger partial charge in [0.2, 0.25) is 5.91 Å². The molecule has 142 valence electrons. The van der Waals surface area contributed by atoms with E-state index in [1.165, 1.54) is 19.3 Å². The molecule has 6 nitrogen and oxygen atoms in total. The largest absolute Gasteiger partial charge is 0.458 e. The minimum atomic E-state index is -0.412. The number of nitrogens with zero attached hydrogens (tertiary/aromatic N) is 2. The summed E-state index contributed by atoms with van der Waals surface area (Å²) in [6.45, 7) is 0.0572. The van der Waals surface area contributed by atoms with Gasteiger partial charge in [0.15, 0.2) is 0 Å². The monoisotopic (exact) mass is 367 g/mol. The summed E-state index contributed by atoms with van der Waals surface area (Å²) in [5.74, 6) is 1.79. The van der Waals surface area contributed by atoms with Crippen molar-refractivity contribution < 1.29 is 14.3 Å². The molecule has 2 aromatic heterocycles. The van der Waals surface area contributed by atoms with Crippen LogP contribution in [0.4, 0.5) is 0 Å². The van der Waals surface area contributed by atoms with Crippen LogP contribution in [-0.2, 0) is 20.9 Å². The van der Waals surface area contributed by atoms with Gasteiger partial charge in [0.1, 0.15) is 18.8 Å². The van der Waals surface area contributed by atoms with Crippen LogP contribution < -0.4 is 5.32 Å². The number of ether oxygens (including phenoxy) is 1. The predicted molar refractivity (Wildman–Crippen MR) is 98.6 cm³/mol. The van der Waals surface area contributed by atoms with Gasteiger partial charge in [0.25, 0.3) is 0 Å². The molecule has 0 atom stereocenters. The van der Waals surface area contributed by atoms with Crippen molar-refractivity contribution in [2.45, 2.75) is 45.1 Å². The molecule has 1 amide bonds. The predicted octanol–water partition coefficient (Wildman–Crippen LogP) is 2.71. The van der Waals surface area contributed by atoms with Crippen molar-refractivity contribution in [1.82, 2.24) is 14.7 Å². The van der Waals surface area contributed by atoms with Crippen LogP contribution in [0.15, 0.2) is 30.6 Å². The first-order valence-electron chi connectivity index (χ1n) is 9.96. The quantitative estimate of drug-likeness (QED) is 0.825. The van der Waals surface area contributed by atoms with Gasteiger partial charge < -0.3 is 14.5 Å². The number of rotatable bonds is 5. The third kappa shape index (κ3) is 3.11. The van der Waals surface area contributed by atoms with Gasteiger partial charge in [-0.05, 0) is 68.4 Å². The van der Waals surface area contributed by atoms with Crippen molar-refractivity contribution in [3.05, 3.63) is 36.3 Å². The molecule has 4 saturated carbocycles. The van der Waals surface area contributed by atoms with Gasteiger partial charge in [-0.3, -0.25) is 9.59 Å². The maximum atomic E-state index is 12.9. The van der Waals surface area contributed by atoms with E-state index in [9.17, 15) is 9.59 Å². The Morgan fingerprint density at radius 1 is 1.15 bits per heavy atom. The van der Waals surface area contributed by atoms with Crippen molar-refractivity contribution in [2.24, 2.45) is 23.2 Å². The first-order valence-corrected chi connectivity index (χ1v) is 9.96. The molecule has 2 aromatic rings. The molecule has 1 N–H and O–H groups in total. The minimum Gasteiger partial charge on any atom is -0.458 e. The van der Waals surface area contributed by atoms with Crippen molar-refractivity contribution in [3.63, 3.8) is 0 Å². The summed E-state index contributed by atoms with van der Waals surface area (Å²) in [6, 6.07) is 5.74. The van der Waals surface area contributed by atoms with E-state index in [0.717, 1.165) is 24.9 Å². The summed E-state index contributed by atoms with van der Waals surface area (Å²) in [7, 11) is 0. The summed E-state index contributed by atoms with van der Waals surface area (Å²) < 4.78 is 7.18. The van der Waals surface area contributed by atoms with E-state index in [4.69, 9.17) is 4.74 Å². The van der Waals surface area contributed by atoms with E-state index in [1.807, 2.05) is 35.0 Å². The molecule has 0 spiro atoms. The number of aromatic nitrogens is 2. The SMILES string of the molecule is O=C(CNC(=O)C12CC3CC(CC(C3)C1)C2)OCc1cn2ccccc2n1. The number of hydrogen-bond donors (Lipinski definition) is 1. The average molecular weight is 367 g/mol. The summed E-state index contributed by atoms with van der Waals surface area (Å²) in [6.07, 6.45) is 10.6. The second-order valence-corrected chi connectivity index (χ2v) is 8.74. The number of pyridine rings is 1. The zero-order chi connectivity index (χ0) is 18.4. The molecule has 0 aliphatic heterocycles. The molecular formula is C21H25N3O3. The van der Waals surface area contributed by atoms with E-state index in [1.54, 1.807) is 0 Å². The molecule has 4 aliphatic rings. The van der Waals surface area contributed by atoms with Crippen LogP contribution >= 0.6 is 0 Å². The summed E-state index contributed by atoms with van der Waals surface area (Å²) >= 11 is 0. The number of carbonyl (C=O) groups is 2. The van der Waals surface area contributed by atoms with Gasteiger partial charge in [0, 0.05) is 17.8 Å². The Labute approximate surface area is 158 Å². The fourth-order valence-corrected chi connectivity index (χ4v) is 5.99. The van der Waals surface area contributed by atoms with E-state index in [-0.39, 0.29) is 24.5 Å². The minimum absolute atomic E-state index is 0.0614. The van der Waals surface area contributed by atoms with Crippen molar-refractivity contribution in [3.8, 4) is 0 Å². The first kappa shape index (κ1) is 16.8. The summed E-state index contributed by atoms with van der Waals surface area (Å²) in [5, 5.41) is 2.86. The molecule has 0 radical (unpaired) electrons. The molecule has 6 heteroatoms. The van der Waals surface area contributed by atoms with Gasteiger partial charge in [-0.1, -0.05) is 6.07 Å². The lowest BCUT2D eigenvalue weighted by molar-refractivity contribution is -0.151. The lowest BCUT2D eigenvalue weighted by Crippen LogP contribution is -2.54. The number of carbonyl (C=O) groups excluding carboxylic acids is 2. The van der Waals surface area contributed by atoms with Crippen LogP contribution in [0.3, 0.4) is 0 Å². The number of fused-ring (bicyclic) bond motifs is 1. The normalized spacial score (nSPS) is 31.2. The Hall–Kier alpha value is -2.37. The highest BCUT2D eigenvalue weighted by atomic mass is 16.5. The van der Waals surface area contributed by atoms with E-state index in [0.29, 0.717) is 23.4 Å². The Kier molecular flexibility index (Phi) is 3.95. The second kappa shape index (κ2) is 6.36. The van der Waals surface area contributed by atoms with Crippen LogP contribution in [-0.4, -0.2) is 27.8 Å². The number of nitrogens with one attached hydrogen (secondary N) is 1. The fourth-order valence-electron chi connectivity index (χ4n) is 5.99. The van der Waals surface area contributed by atoms with Gasteiger partial charge >= 0.3 is 5.97 Å². The van der Waals surface area contributed by atoms with Crippen LogP contribution in [0.25, 0.3) is 5.65 Å². The van der Waals surface area contributed by atoms with Gasteiger partial charge in [-0.15, -0.1) is 0 Å². The first-order chi connectivity index (χ1) is 13.1. The summed E-state index contributed by atoms with van der Waals surface area (Å²) in [5.41, 5.74) is 1.29. The topological polar surface area (TPSA) is 72.7 Å². The number of esters is 1. The molecule has 0 saturated heterocycles. The van der Waals surface area contributed by atoms with Crippen LogP contribution in [0.1, 0.15) is 44.2 Å². The average Bonchev–Trinajstić information content (AvgIpc) is 3.06. The van der Waals surface area contributed by atoms with Crippen LogP contribution in [0, 0.1) is 23.2 Å². The Bertz CT molecular complexity index is 819. The molecule has 6 rings (SSSR count). The van der Waals surface area contributed by atoms with E-state index < -0.39 is 5.97 Å². The van der Waals surface area contributed by atoms with Crippen LogP contribution in [0.5, 0.6) is 0 Å². The lowest BCUT2D eigenvalue weighted by atomic mass is 9.49. The lowest BCUT2D eigenvalue weighted by Gasteiger charge is -2.55. The van der Waals surface area contributed by atoms with Gasteiger partial charge in [0.05, 0.1) is 5.69 Å². The van der Waals surface area contributed by atoms with E-state index in [2.05, 4.69) is 10.3 Å². The summed E-state index contributed by atoms with van der Waals surface area (Å²) in [4.78, 5) is 29.4. The second-order valence-electron chi connectivity index (χ2n) is 8.74. The standard InChI is InChI=1S/C21H25N3O3/c25-19(27-13-17-12-24-4-2-1-3-18(24)23-17)11-22-20(26)21-8-14-5-15(9-21)7-16(6-14)10-21/h1-4,12,14-16H,5-11,13H2,(H,22,26). The molecule has 27 heavy (non-hydrogen) atoms. The van der Waals surface area contributed by atoms with Crippen molar-refractivity contribution in [1.29, 1.82) is 0 Å². The zero-order valence-electron chi connectivity index (χ0n) is 15.4. The molecule has 4 fully saturated rings. The molecular weight excluding hydrogens is 342 g/mol. The maximum Gasteiger partial charge on any atom is 0.325 e. The van der Waals surface area contributed by atoms with Crippen molar-refractivity contribution >= 4 is 17.5 Å². The highest BCUT2D eigenvalue weighted by molar-refractivity contribution is 5.86. The van der Waals surface area contributed by atoms with Gasteiger partial charge in [-0.25, -0.2) is 4.98 Å². The number of hydrogen-bond acceptors (Lipinski definition) is 4. The molecule has 4 bridgehead atoms. The highest BCUT2D eigenvalue weighted by Gasteiger charge is 2.54. The van der Waals surface area contributed by atoms with Crippen molar-refractivity contribution in [2.75, 3.05) is 6.54 Å². The fraction of sp³-hybridized carbons (Fsp3) is 0.571. The maximum absolute atomic E-state index is 12.9. The Balaban J connectivity index is 1.14. The molecule has 0 unspecified atom stereocenters. The van der Waals surface area contributed by atoms with Gasteiger partial charge in [-0.2, -0.15) is 0 Å². The Morgan fingerprint density at radius 2 is 1.85 bits per heavy atom. The smallest absolute Gasteiger partial charge is 0.325 e. The van der Waals surface area contributed by atoms with Crippen LogP contribution in [0.2, 0.25) is 0 Å².